The summed E-state index contributed by atoms with van der Waals surface area (Å²) in [5, 5.41) is 6.21. The molecule has 0 saturated heterocycles. The molecular weight excluding hydrogens is 348 g/mol. The Morgan fingerprint density at radius 2 is 2.19 bits per heavy atom. The Balaban J connectivity index is 1.30. The highest BCUT2D eigenvalue weighted by molar-refractivity contribution is 7.13. The molecule has 0 saturated carbocycles. The van der Waals surface area contributed by atoms with Gasteiger partial charge in [-0.1, -0.05) is 11.2 Å². The lowest BCUT2D eigenvalue weighted by Gasteiger charge is -2.27. The molecule has 0 amide bonds. The van der Waals surface area contributed by atoms with Gasteiger partial charge in [0.05, 0.1) is 22.5 Å². The normalized spacial score (nSPS) is 14.5. The van der Waals surface area contributed by atoms with E-state index in [1.54, 1.807) is 17.6 Å². The zero-order valence-corrected chi connectivity index (χ0v) is 14.8. The first-order valence-electron chi connectivity index (χ1n) is 8.46. The Labute approximate surface area is 154 Å². The van der Waals surface area contributed by atoms with Crippen LogP contribution in [0.4, 0.5) is 0 Å². The van der Waals surface area contributed by atoms with Gasteiger partial charge in [-0.15, -0.1) is 11.3 Å². The van der Waals surface area contributed by atoms with Crippen LogP contribution in [0.2, 0.25) is 0 Å². The summed E-state index contributed by atoms with van der Waals surface area (Å²) in [5.41, 5.74) is 3.23. The van der Waals surface area contributed by atoms with Crippen LogP contribution in [0.1, 0.15) is 17.0 Å². The lowest BCUT2D eigenvalue weighted by atomic mass is 10.1. The van der Waals surface area contributed by atoms with Crippen LogP contribution in [0.15, 0.2) is 57.1 Å². The van der Waals surface area contributed by atoms with Crippen molar-refractivity contribution >= 4 is 11.3 Å². The zero-order valence-electron chi connectivity index (χ0n) is 14.0. The van der Waals surface area contributed by atoms with Crippen LogP contribution in [0.5, 0.6) is 0 Å². The predicted octanol–water partition coefficient (Wildman–Crippen LogP) is 4.01. The van der Waals surface area contributed by atoms with Crippen LogP contribution in [0.25, 0.3) is 22.2 Å². The average molecular weight is 364 g/mol. The molecule has 4 aromatic rings. The van der Waals surface area contributed by atoms with Crippen molar-refractivity contribution in [3.05, 3.63) is 65.1 Å². The molecule has 6 nitrogen and oxygen atoms in total. The van der Waals surface area contributed by atoms with Crippen LogP contribution >= 0.6 is 11.3 Å². The van der Waals surface area contributed by atoms with Crippen molar-refractivity contribution in [2.75, 3.05) is 6.54 Å². The number of rotatable bonds is 4. The van der Waals surface area contributed by atoms with Crippen molar-refractivity contribution < 1.29 is 8.94 Å². The molecule has 0 N–H and O–H groups in total. The van der Waals surface area contributed by atoms with E-state index in [1.165, 1.54) is 5.56 Å². The molecular formula is C19H16N4O2S. The zero-order chi connectivity index (χ0) is 17.3. The van der Waals surface area contributed by atoms with Gasteiger partial charge in [0.1, 0.15) is 0 Å². The van der Waals surface area contributed by atoms with Crippen molar-refractivity contribution in [3.8, 4) is 22.2 Å². The van der Waals surface area contributed by atoms with Gasteiger partial charge in [0.25, 0.3) is 0 Å². The predicted molar refractivity (Wildman–Crippen MR) is 97.4 cm³/mol. The van der Waals surface area contributed by atoms with E-state index in [2.05, 4.69) is 26.5 Å². The van der Waals surface area contributed by atoms with Crippen molar-refractivity contribution in [2.24, 2.45) is 0 Å². The molecule has 7 heteroatoms. The third-order valence-corrected chi connectivity index (χ3v) is 5.33. The Bertz CT molecular complexity index is 1010. The molecule has 130 valence electrons. The summed E-state index contributed by atoms with van der Waals surface area (Å²) in [7, 11) is 0. The Kier molecular flexibility index (Phi) is 3.88. The quantitative estimate of drug-likeness (QED) is 0.545. The first kappa shape index (κ1) is 15.5. The first-order valence-corrected chi connectivity index (χ1v) is 9.33. The van der Waals surface area contributed by atoms with E-state index >= 15 is 0 Å². The lowest BCUT2D eigenvalue weighted by Crippen LogP contribution is -2.31. The minimum atomic E-state index is 0.659. The molecule has 4 aromatic heterocycles. The van der Waals surface area contributed by atoms with Gasteiger partial charge in [0.15, 0.2) is 11.6 Å². The molecule has 0 radical (unpaired) electrons. The fourth-order valence-corrected chi connectivity index (χ4v) is 3.85. The van der Waals surface area contributed by atoms with Gasteiger partial charge < -0.3 is 8.94 Å². The van der Waals surface area contributed by atoms with E-state index in [9.17, 15) is 0 Å². The van der Waals surface area contributed by atoms with Gasteiger partial charge in [-0.3, -0.25) is 4.90 Å². The molecule has 5 rings (SSSR count). The van der Waals surface area contributed by atoms with E-state index < -0.39 is 0 Å². The second-order valence-electron chi connectivity index (χ2n) is 6.26. The van der Waals surface area contributed by atoms with Gasteiger partial charge >= 0.3 is 0 Å². The van der Waals surface area contributed by atoms with Gasteiger partial charge in [0.2, 0.25) is 5.76 Å². The molecule has 5 heterocycles. The molecule has 1 aliphatic heterocycles. The van der Waals surface area contributed by atoms with Crippen LogP contribution < -0.4 is 0 Å². The van der Waals surface area contributed by atoms with Gasteiger partial charge in [-0.25, -0.2) is 9.97 Å². The number of aromatic nitrogens is 3. The second kappa shape index (κ2) is 6.51. The molecule has 0 spiro atoms. The Morgan fingerprint density at radius 3 is 3.04 bits per heavy atom. The summed E-state index contributed by atoms with van der Waals surface area (Å²) in [5.74, 6) is 2.18. The molecule has 1 aliphatic rings. The summed E-state index contributed by atoms with van der Waals surface area (Å²) < 4.78 is 10.7. The summed E-state index contributed by atoms with van der Waals surface area (Å²) in [6.07, 6.45) is 4.50. The largest absolute Gasteiger partial charge is 0.461 e. The van der Waals surface area contributed by atoms with Crippen LogP contribution in [0.3, 0.4) is 0 Å². The van der Waals surface area contributed by atoms with Crippen molar-refractivity contribution in [1.82, 2.24) is 20.0 Å². The maximum atomic E-state index is 5.38. The number of thiophene rings is 1. The van der Waals surface area contributed by atoms with E-state index in [4.69, 9.17) is 13.9 Å². The highest BCUT2D eigenvalue weighted by atomic mass is 32.1. The van der Waals surface area contributed by atoms with Crippen LogP contribution in [-0.4, -0.2) is 26.6 Å². The first-order chi connectivity index (χ1) is 12.8. The highest BCUT2D eigenvalue weighted by Crippen LogP contribution is 2.25. The van der Waals surface area contributed by atoms with E-state index in [-0.39, 0.29) is 0 Å². The number of nitrogens with zero attached hydrogens (tertiary/aromatic N) is 4. The second-order valence-corrected chi connectivity index (χ2v) is 7.21. The lowest BCUT2D eigenvalue weighted by molar-refractivity contribution is 0.235. The SMILES string of the molecule is c1coc(-c2cc(CN3CCc4nc(-c5cccs5)ncc4C3)no2)c1. The number of fused-ring (bicyclic) bond motifs is 1. The van der Waals surface area contributed by atoms with Gasteiger partial charge in [-0.05, 0) is 23.6 Å². The van der Waals surface area contributed by atoms with Crippen molar-refractivity contribution in [2.45, 2.75) is 19.5 Å². The van der Waals surface area contributed by atoms with E-state index in [1.807, 2.05) is 30.5 Å². The number of furan rings is 1. The van der Waals surface area contributed by atoms with Gasteiger partial charge in [-0.2, -0.15) is 0 Å². The minimum absolute atomic E-state index is 0.659. The Hall–Kier alpha value is -2.77. The summed E-state index contributed by atoms with van der Waals surface area (Å²) >= 11 is 1.67. The topological polar surface area (TPSA) is 68.2 Å². The molecule has 0 fully saturated rings. The summed E-state index contributed by atoms with van der Waals surface area (Å²) in [4.78, 5) is 12.7. The standard InChI is InChI=1S/C19H16N4O2S/c1-3-16(24-7-1)17-9-14(22-25-17)12-23-6-5-15-13(11-23)10-20-19(21-15)18-4-2-8-26-18/h1-4,7-10H,5-6,11-12H2. The smallest absolute Gasteiger partial charge is 0.202 e. The average Bonchev–Trinajstić information content (AvgIpc) is 3.42. The monoisotopic (exact) mass is 364 g/mol. The molecule has 26 heavy (non-hydrogen) atoms. The molecule has 0 aromatic carbocycles. The summed E-state index contributed by atoms with van der Waals surface area (Å²) in [6.45, 7) is 2.50. The summed E-state index contributed by atoms with van der Waals surface area (Å²) in [6, 6.07) is 9.72. The van der Waals surface area contributed by atoms with Crippen molar-refractivity contribution in [1.29, 1.82) is 0 Å². The molecule has 0 atom stereocenters. The number of hydrogen-bond donors (Lipinski definition) is 0. The third-order valence-electron chi connectivity index (χ3n) is 4.46. The molecule has 0 unspecified atom stereocenters. The fraction of sp³-hybridized carbons (Fsp3) is 0.211. The minimum Gasteiger partial charge on any atom is -0.461 e. The van der Waals surface area contributed by atoms with Crippen molar-refractivity contribution in [3.63, 3.8) is 0 Å². The highest BCUT2D eigenvalue weighted by Gasteiger charge is 2.20. The van der Waals surface area contributed by atoms with E-state index in [0.29, 0.717) is 11.5 Å². The fourth-order valence-electron chi connectivity index (χ4n) is 3.18. The van der Waals surface area contributed by atoms with Crippen LogP contribution in [-0.2, 0) is 19.5 Å². The molecule has 0 bridgehead atoms. The number of hydrogen-bond acceptors (Lipinski definition) is 7. The van der Waals surface area contributed by atoms with Crippen LogP contribution in [0, 0.1) is 0 Å². The van der Waals surface area contributed by atoms with E-state index in [0.717, 1.165) is 48.1 Å². The van der Waals surface area contributed by atoms with Gasteiger partial charge in [0, 0.05) is 43.9 Å². The third kappa shape index (κ3) is 2.95. The maximum Gasteiger partial charge on any atom is 0.202 e. The molecule has 0 aliphatic carbocycles. The Morgan fingerprint density at radius 1 is 1.19 bits per heavy atom. The maximum absolute atomic E-state index is 5.38.